The van der Waals surface area contributed by atoms with Crippen molar-refractivity contribution in [2.45, 2.75) is 45.6 Å². The number of ether oxygens (including phenoxy) is 1. The Hall–Kier alpha value is -2.51. The van der Waals surface area contributed by atoms with E-state index < -0.39 is 22.1 Å². The SMILES string of the molecule is CCN(CC)S(=O)(=O)c1ccc(C)c(C(=O)O[C@@H](C)C(=O)c2ccc(C)cc2)c1. The summed E-state index contributed by atoms with van der Waals surface area (Å²) in [4.78, 5) is 25.2. The first-order valence-electron chi connectivity index (χ1n) is 9.54. The number of hydrogen-bond acceptors (Lipinski definition) is 5. The fraction of sp³-hybridized carbons (Fsp3) is 0.364. The Morgan fingerprint density at radius 3 is 2.14 bits per heavy atom. The standard InChI is InChI=1S/C22H27NO5S/c1-6-23(7-2)29(26,27)19-13-10-16(4)20(14-19)22(25)28-17(5)21(24)18-11-8-15(3)9-12-18/h8-14,17H,6-7H2,1-5H3/t17-/m0/s1. The van der Waals surface area contributed by atoms with Gasteiger partial charge in [-0.15, -0.1) is 0 Å². The number of hydrogen-bond donors (Lipinski definition) is 0. The van der Waals surface area contributed by atoms with Crippen molar-refractivity contribution in [1.29, 1.82) is 0 Å². The van der Waals surface area contributed by atoms with Crippen molar-refractivity contribution in [3.63, 3.8) is 0 Å². The van der Waals surface area contributed by atoms with Crippen LogP contribution in [0.5, 0.6) is 0 Å². The van der Waals surface area contributed by atoms with Gasteiger partial charge in [0, 0.05) is 18.7 Å². The lowest BCUT2D eigenvalue weighted by Crippen LogP contribution is -2.31. The molecule has 2 rings (SSSR count). The second-order valence-corrected chi connectivity index (χ2v) is 8.78. The van der Waals surface area contributed by atoms with Gasteiger partial charge in [-0.3, -0.25) is 4.79 Å². The summed E-state index contributed by atoms with van der Waals surface area (Å²) in [6.07, 6.45) is -0.993. The number of aryl methyl sites for hydroxylation is 2. The smallest absolute Gasteiger partial charge is 0.339 e. The van der Waals surface area contributed by atoms with Crippen LogP contribution in [0.3, 0.4) is 0 Å². The highest BCUT2D eigenvalue weighted by Gasteiger charge is 2.25. The van der Waals surface area contributed by atoms with Crippen LogP contribution in [0.4, 0.5) is 0 Å². The van der Waals surface area contributed by atoms with Crippen molar-refractivity contribution >= 4 is 21.8 Å². The van der Waals surface area contributed by atoms with Gasteiger partial charge >= 0.3 is 5.97 Å². The van der Waals surface area contributed by atoms with Gasteiger partial charge in [-0.2, -0.15) is 4.31 Å². The highest BCUT2D eigenvalue weighted by molar-refractivity contribution is 7.89. The van der Waals surface area contributed by atoms with Gasteiger partial charge in [-0.1, -0.05) is 49.7 Å². The van der Waals surface area contributed by atoms with Crippen LogP contribution in [-0.4, -0.2) is 43.7 Å². The number of rotatable bonds is 8. The summed E-state index contributed by atoms with van der Waals surface area (Å²) >= 11 is 0. The molecule has 156 valence electrons. The second-order valence-electron chi connectivity index (χ2n) is 6.84. The third-order valence-electron chi connectivity index (χ3n) is 4.76. The Balaban J connectivity index is 2.26. The molecule has 2 aromatic carbocycles. The first-order chi connectivity index (χ1) is 13.6. The number of esters is 1. The van der Waals surface area contributed by atoms with Gasteiger partial charge in [-0.25, -0.2) is 13.2 Å². The maximum Gasteiger partial charge on any atom is 0.339 e. The molecule has 29 heavy (non-hydrogen) atoms. The van der Waals surface area contributed by atoms with E-state index in [0.29, 0.717) is 24.2 Å². The van der Waals surface area contributed by atoms with Crippen molar-refractivity contribution in [3.8, 4) is 0 Å². The molecule has 0 bridgehead atoms. The van der Waals surface area contributed by atoms with Crippen molar-refractivity contribution in [2.24, 2.45) is 0 Å². The van der Waals surface area contributed by atoms with Gasteiger partial charge in [0.05, 0.1) is 10.5 Å². The van der Waals surface area contributed by atoms with Crippen LogP contribution in [0, 0.1) is 13.8 Å². The molecule has 0 aliphatic heterocycles. The number of sulfonamides is 1. The molecule has 0 fully saturated rings. The highest BCUT2D eigenvalue weighted by Crippen LogP contribution is 2.21. The Kier molecular flexibility index (Phi) is 7.32. The van der Waals surface area contributed by atoms with Gasteiger partial charge in [0.25, 0.3) is 0 Å². The largest absolute Gasteiger partial charge is 0.451 e. The Morgan fingerprint density at radius 1 is 1.00 bits per heavy atom. The molecule has 0 N–H and O–H groups in total. The topological polar surface area (TPSA) is 80.8 Å². The van der Waals surface area contributed by atoms with Crippen LogP contribution in [0.25, 0.3) is 0 Å². The van der Waals surface area contributed by atoms with E-state index in [9.17, 15) is 18.0 Å². The van der Waals surface area contributed by atoms with Gasteiger partial charge in [0.2, 0.25) is 15.8 Å². The van der Waals surface area contributed by atoms with E-state index in [2.05, 4.69) is 0 Å². The molecule has 7 heteroatoms. The molecule has 0 unspecified atom stereocenters. The third kappa shape index (κ3) is 5.10. The minimum Gasteiger partial charge on any atom is -0.451 e. The summed E-state index contributed by atoms with van der Waals surface area (Å²) in [7, 11) is -3.71. The van der Waals surface area contributed by atoms with E-state index in [-0.39, 0.29) is 16.2 Å². The van der Waals surface area contributed by atoms with Crippen LogP contribution in [0.2, 0.25) is 0 Å². The zero-order chi connectivity index (χ0) is 21.8. The first-order valence-corrected chi connectivity index (χ1v) is 11.0. The van der Waals surface area contributed by atoms with Crippen molar-refractivity contribution < 1.29 is 22.7 Å². The third-order valence-corrected chi connectivity index (χ3v) is 6.81. The normalized spacial score (nSPS) is 12.6. The number of nitrogens with zero attached hydrogens (tertiary/aromatic N) is 1. The maximum atomic E-state index is 12.7. The molecule has 0 aromatic heterocycles. The fourth-order valence-corrected chi connectivity index (χ4v) is 4.41. The summed E-state index contributed by atoms with van der Waals surface area (Å²) in [5.41, 5.74) is 2.17. The van der Waals surface area contributed by atoms with Crippen LogP contribution in [-0.2, 0) is 14.8 Å². The molecule has 0 amide bonds. The Labute approximate surface area is 172 Å². The lowest BCUT2D eigenvalue weighted by molar-refractivity contribution is 0.0318. The lowest BCUT2D eigenvalue weighted by atomic mass is 10.1. The van der Waals surface area contributed by atoms with E-state index in [1.807, 2.05) is 19.1 Å². The van der Waals surface area contributed by atoms with Gasteiger partial charge in [-0.05, 0) is 38.5 Å². The quantitative estimate of drug-likeness (QED) is 0.483. The van der Waals surface area contributed by atoms with E-state index in [4.69, 9.17) is 4.74 Å². The summed E-state index contributed by atoms with van der Waals surface area (Å²) in [5, 5.41) is 0. The number of benzene rings is 2. The van der Waals surface area contributed by atoms with E-state index in [0.717, 1.165) is 5.56 Å². The molecule has 1 atom stereocenters. The zero-order valence-corrected chi connectivity index (χ0v) is 18.2. The summed E-state index contributed by atoms with van der Waals surface area (Å²) in [6.45, 7) is 9.28. The maximum absolute atomic E-state index is 12.7. The molecule has 6 nitrogen and oxygen atoms in total. The molecule has 0 spiro atoms. The number of Topliss-reactive ketones (excluding diaryl/α,β-unsaturated/α-hetero) is 1. The van der Waals surface area contributed by atoms with Gasteiger partial charge in [0.1, 0.15) is 0 Å². The minimum atomic E-state index is -3.71. The average Bonchev–Trinajstić information content (AvgIpc) is 2.68. The Bertz CT molecular complexity index is 992. The molecule has 0 radical (unpaired) electrons. The fourth-order valence-electron chi connectivity index (χ4n) is 2.92. The van der Waals surface area contributed by atoms with E-state index >= 15 is 0 Å². The van der Waals surface area contributed by atoms with Crippen LogP contribution < -0.4 is 0 Å². The lowest BCUT2D eigenvalue weighted by Gasteiger charge is -2.19. The highest BCUT2D eigenvalue weighted by atomic mass is 32.2. The molecule has 0 heterocycles. The molecule has 0 aliphatic carbocycles. The van der Waals surface area contributed by atoms with Crippen molar-refractivity contribution in [2.75, 3.05) is 13.1 Å². The number of carbonyl (C=O) groups is 2. The average molecular weight is 418 g/mol. The predicted molar refractivity (Wildman–Crippen MR) is 112 cm³/mol. The number of carbonyl (C=O) groups excluding carboxylic acids is 2. The summed E-state index contributed by atoms with van der Waals surface area (Å²) < 4.78 is 32.1. The van der Waals surface area contributed by atoms with Gasteiger partial charge < -0.3 is 4.74 Å². The van der Waals surface area contributed by atoms with E-state index in [1.54, 1.807) is 39.0 Å². The molecular weight excluding hydrogens is 390 g/mol. The van der Waals surface area contributed by atoms with Crippen molar-refractivity contribution in [1.82, 2.24) is 4.31 Å². The Morgan fingerprint density at radius 2 is 1.59 bits per heavy atom. The summed E-state index contributed by atoms with van der Waals surface area (Å²) in [5.74, 6) is -1.05. The van der Waals surface area contributed by atoms with Crippen LogP contribution in [0.15, 0.2) is 47.4 Å². The predicted octanol–water partition coefficient (Wildman–Crippen LogP) is 3.76. The number of ketones is 1. The van der Waals surface area contributed by atoms with Gasteiger partial charge in [0.15, 0.2) is 6.10 Å². The van der Waals surface area contributed by atoms with Crippen LogP contribution in [0.1, 0.15) is 52.6 Å². The second kappa shape index (κ2) is 9.33. The first kappa shape index (κ1) is 22.8. The molecule has 0 aliphatic rings. The van der Waals surface area contributed by atoms with Crippen LogP contribution >= 0.6 is 0 Å². The monoisotopic (exact) mass is 417 g/mol. The van der Waals surface area contributed by atoms with Crippen molar-refractivity contribution in [3.05, 3.63) is 64.7 Å². The zero-order valence-electron chi connectivity index (χ0n) is 17.4. The molecule has 2 aromatic rings. The molecule has 0 saturated heterocycles. The molecule has 0 saturated carbocycles. The summed E-state index contributed by atoms with van der Waals surface area (Å²) in [6, 6.07) is 11.4. The van der Waals surface area contributed by atoms with E-state index in [1.165, 1.54) is 23.4 Å². The molecular formula is C22H27NO5S. The minimum absolute atomic E-state index is 0.0243.